The van der Waals surface area contributed by atoms with Crippen molar-refractivity contribution < 1.29 is 9.94 Å². The van der Waals surface area contributed by atoms with E-state index in [2.05, 4.69) is 15.4 Å². The van der Waals surface area contributed by atoms with E-state index in [0.717, 1.165) is 5.56 Å². The van der Waals surface area contributed by atoms with E-state index in [0.29, 0.717) is 22.8 Å². The fraction of sp³-hybridized carbons (Fsp3) is 0.231. The van der Waals surface area contributed by atoms with Crippen molar-refractivity contribution in [2.75, 3.05) is 11.2 Å². The lowest BCUT2D eigenvalue weighted by Gasteiger charge is -2.13. The maximum Gasteiger partial charge on any atom is 0.164 e. The predicted octanol–water partition coefficient (Wildman–Crippen LogP) is 2.31. The van der Waals surface area contributed by atoms with Gasteiger partial charge < -0.3 is 10.5 Å². The molecular formula is C13H16N4O2. The summed E-state index contributed by atoms with van der Waals surface area (Å²) in [6.45, 7) is 3.86. The normalized spacial score (nSPS) is 10.5. The number of nitrogens with zero attached hydrogens (tertiary/aromatic N) is 2. The molecule has 0 radical (unpaired) electrons. The molecular weight excluding hydrogens is 244 g/mol. The SMILES string of the molecule is CC(C)Oc1cncnc1-c1ccc(N)c(NO)c1. The lowest BCUT2D eigenvalue weighted by atomic mass is 10.1. The van der Waals surface area contributed by atoms with Crippen LogP contribution >= 0.6 is 0 Å². The summed E-state index contributed by atoms with van der Waals surface area (Å²) in [5.41, 5.74) is 10.1. The minimum Gasteiger partial charge on any atom is -0.487 e. The zero-order chi connectivity index (χ0) is 13.8. The molecule has 0 saturated heterocycles. The van der Waals surface area contributed by atoms with Crippen LogP contribution in [-0.4, -0.2) is 21.3 Å². The second-order valence-electron chi connectivity index (χ2n) is 4.32. The van der Waals surface area contributed by atoms with Crippen LogP contribution in [0, 0.1) is 0 Å². The Morgan fingerprint density at radius 3 is 2.84 bits per heavy atom. The van der Waals surface area contributed by atoms with Gasteiger partial charge in [-0.1, -0.05) is 6.07 Å². The van der Waals surface area contributed by atoms with Crippen LogP contribution in [0.2, 0.25) is 0 Å². The topological polar surface area (TPSA) is 93.3 Å². The third kappa shape index (κ3) is 2.92. The Balaban J connectivity index is 2.46. The summed E-state index contributed by atoms with van der Waals surface area (Å²) in [4.78, 5) is 8.18. The van der Waals surface area contributed by atoms with Crippen molar-refractivity contribution >= 4 is 11.4 Å². The standard InChI is InChI=1S/C13H16N4O2/c1-8(2)19-12-6-15-7-16-13(12)9-3-4-10(14)11(5-9)17-18/h3-8,17-18H,14H2,1-2H3. The van der Waals surface area contributed by atoms with Crippen LogP contribution < -0.4 is 16.0 Å². The molecule has 6 heteroatoms. The summed E-state index contributed by atoms with van der Waals surface area (Å²) < 4.78 is 5.66. The van der Waals surface area contributed by atoms with Gasteiger partial charge in [0.2, 0.25) is 0 Å². The van der Waals surface area contributed by atoms with Gasteiger partial charge in [-0.05, 0) is 26.0 Å². The van der Waals surface area contributed by atoms with Gasteiger partial charge in [0.15, 0.2) is 5.75 Å². The van der Waals surface area contributed by atoms with Crippen LogP contribution in [0.15, 0.2) is 30.7 Å². The maximum atomic E-state index is 9.01. The Morgan fingerprint density at radius 2 is 2.16 bits per heavy atom. The fourth-order valence-electron chi connectivity index (χ4n) is 1.67. The maximum absolute atomic E-state index is 9.01. The Hall–Kier alpha value is -2.34. The molecule has 0 spiro atoms. The first kappa shape index (κ1) is 13.1. The summed E-state index contributed by atoms with van der Waals surface area (Å²) in [7, 11) is 0. The number of rotatable bonds is 4. The van der Waals surface area contributed by atoms with Crippen LogP contribution in [0.4, 0.5) is 11.4 Å². The number of anilines is 2. The van der Waals surface area contributed by atoms with Crippen LogP contribution in [-0.2, 0) is 0 Å². The number of ether oxygens (including phenoxy) is 1. The van der Waals surface area contributed by atoms with Crippen molar-refractivity contribution in [1.29, 1.82) is 0 Å². The Bertz CT molecular complexity index is 572. The minimum absolute atomic E-state index is 0.0222. The van der Waals surface area contributed by atoms with Gasteiger partial charge in [0, 0.05) is 5.56 Å². The molecule has 0 bridgehead atoms. The third-order valence-electron chi connectivity index (χ3n) is 2.49. The molecule has 6 nitrogen and oxygen atoms in total. The number of nitrogens with one attached hydrogen (secondary N) is 1. The molecule has 100 valence electrons. The number of aromatic nitrogens is 2. The van der Waals surface area contributed by atoms with Gasteiger partial charge in [0.25, 0.3) is 0 Å². The molecule has 2 rings (SSSR count). The molecule has 0 unspecified atom stereocenters. The van der Waals surface area contributed by atoms with Crippen molar-refractivity contribution in [2.24, 2.45) is 0 Å². The molecule has 1 aromatic heterocycles. The van der Waals surface area contributed by atoms with Crippen molar-refractivity contribution in [3.8, 4) is 17.0 Å². The van der Waals surface area contributed by atoms with Gasteiger partial charge in [-0.25, -0.2) is 9.97 Å². The molecule has 2 aromatic rings. The molecule has 0 saturated carbocycles. The molecule has 1 heterocycles. The Labute approximate surface area is 111 Å². The van der Waals surface area contributed by atoms with Gasteiger partial charge in [0.05, 0.1) is 23.7 Å². The number of benzene rings is 1. The van der Waals surface area contributed by atoms with Crippen LogP contribution in [0.25, 0.3) is 11.3 Å². The summed E-state index contributed by atoms with van der Waals surface area (Å²) >= 11 is 0. The van der Waals surface area contributed by atoms with E-state index in [4.69, 9.17) is 15.7 Å². The lowest BCUT2D eigenvalue weighted by molar-refractivity contribution is 0.241. The number of nitrogens with two attached hydrogens (primary N) is 1. The van der Waals surface area contributed by atoms with E-state index in [-0.39, 0.29) is 6.10 Å². The summed E-state index contributed by atoms with van der Waals surface area (Å²) in [5, 5.41) is 9.01. The van der Waals surface area contributed by atoms with Gasteiger partial charge in [-0.15, -0.1) is 0 Å². The van der Waals surface area contributed by atoms with E-state index in [1.165, 1.54) is 6.33 Å². The Kier molecular flexibility index (Phi) is 3.82. The first-order valence-electron chi connectivity index (χ1n) is 5.88. The van der Waals surface area contributed by atoms with Gasteiger partial charge in [-0.2, -0.15) is 0 Å². The van der Waals surface area contributed by atoms with Gasteiger partial charge >= 0.3 is 0 Å². The second-order valence-corrected chi connectivity index (χ2v) is 4.32. The smallest absolute Gasteiger partial charge is 0.164 e. The molecule has 4 N–H and O–H groups in total. The summed E-state index contributed by atoms with van der Waals surface area (Å²) in [6.07, 6.45) is 3.09. The van der Waals surface area contributed by atoms with Crippen molar-refractivity contribution in [3.63, 3.8) is 0 Å². The van der Waals surface area contributed by atoms with Crippen LogP contribution in [0.3, 0.4) is 0 Å². The highest BCUT2D eigenvalue weighted by Gasteiger charge is 2.11. The molecule has 0 aliphatic heterocycles. The number of hydrogen-bond donors (Lipinski definition) is 3. The van der Waals surface area contributed by atoms with Crippen LogP contribution in [0.1, 0.15) is 13.8 Å². The molecule has 0 aliphatic carbocycles. The quantitative estimate of drug-likeness (QED) is 0.577. The summed E-state index contributed by atoms with van der Waals surface area (Å²) in [5.74, 6) is 0.589. The molecule has 0 aliphatic rings. The molecule has 1 aromatic carbocycles. The number of nitrogen functional groups attached to an aromatic ring is 1. The molecule has 0 atom stereocenters. The molecule has 0 amide bonds. The first-order chi connectivity index (χ1) is 9.11. The van der Waals surface area contributed by atoms with Crippen molar-refractivity contribution in [2.45, 2.75) is 20.0 Å². The highest BCUT2D eigenvalue weighted by Crippen LogP contribution is 2.31. The third-order valence-corrected chi connectivity index (χ3v) is 2.49. The lowest BCUT2D eigenvalue weighted by Crippen LogP contribution is -2.07. The van der Waals surface area contributed by atoms with Gasteiger partial charge in [0.1, 0.15) is 12.0 Å². The molecule has 19 heavy (non-hydrogen) atoms. The zero-order valence-electron chi connectivity index (χ0n) is 10.8. The minimum atomic E-state index is 0.0222. The van der Waals surface area contributed by atoms with E-state index in [1.807, 2.05) is 19.9 Å². The monoisotopic (exact) mass is 260 g/mol. The number of hydrogen-bond acceptors (Lipinski definition) is 6. The highest BCUT2D eigenvalue weighted by atomic mass is 16.5. The second kappa shape index (κ2) is 5.53. The fourth-order valence-corrected chi connectivity index (χ4v) is 1.67. The molecule has 0 fully saturated rings. The predicted molar refractivity (Wildman–Crippen MR) is 73.1 cm³/mol. The van der Waals surface area contributed by atoms with E-state index in [9.17, 15) is 0 Å². The van der Waals surface area contributed by atoms with E-state index >= 15 is 0 Å². The summed E-state index contributed by atoms with van der Waals surface area (Å²) in [6, 6.07) is 5.20. The Morgan fingerprint density at radius 1 is 1.37 bits per heavy atom. The average Bonchev–Trinajstić information content (AvgIpc) is 2.39. The largest absolute Gasteiger partial charge is 0.487 e. The first-order valence-corrected chi connectivity index (χ1v) is 5.88. The van der Waals surface area contributed by atoms with Crippen molar-refractivity contribution in [3.05, 3.63) is 30.7 Å². The highest BCUT2D eigenvalue weighted by molar-refractivity contribution is 5.76. The van der Waals surface area contributed by atoms with E-state index < -0.39 is 0 Å². The van der Waals surface area contributed by atoms with E-state index in [1.54, 1.807) is 18.3 Å². The average molecular weight is 260 g/mol. The van der Waals surface area contributed by atoms with Crippen LogP contribution in [0.5, 0.6) is 5.75 Å². The van der Waals surface area contributed by atoms with Gasteiger partial charge in [-0.3, -0.25) is 10.7 Å². The van der Waals surface area contributed by atoms with Crippen molar-refractivity contribution in [1.82, 2.24) is 9.97 Å². The zero-order valence-corrected chi connectivity index (χ0v) is 10.8.